The summed E-state index contributed by atoms with van der Waals surface area (Å²) >= 11 is 6.13. The summed E-state index contributed by atoms with van der Waals surface area (Å²) in [7, 11) is 0. The van der Waals surface area contributed by atoms with Crippen molar-refractivity contribution in [3.05, 3.63) is 112 Å². The number of halogens is 1. The third-order valence-corrected chi connectivity index (χ3v) is 7.58. The van der Waals surface area contributed by atoms with Gasteiger partial charge in [-0.2, -0.15) is 10.1 Å². The summed E-state index contributed by atoms with van der Waals surface area (Å²) in [6, 6.07) is 25.4. The number of hydrogen-bond donors (Lipinski definition) is 0. The van der Waals surface area contributed by atoms with E-state index in [-0.39, 0.29) is 31.0 Å². The molecule has 0 saturated heterocycles. The van der Waals surface area contributed by atoms with Gasteiger partial charge in [-0.25, -0.2) is 9.59 Å². The molecule has 41 heavy (non-hydrogen) atoms. The Kier molecular flexibility index (Phi) is 7.94. The van der Waals surface area contributed by atoms with E-state index in [2.05, 4.69) is 0 Å². The molecule has 2 heterocycles. The van der Waals surface area contributed by atoms with Crippen LogP contribution in [0.5, 0.6) is 0 Å². The van der Waals surface area contributed by atoms with Crippen LogP contribution in [0.3, 0.4) is 0 Å². The van der Waals surface area contributed by atoms with Crippen LogP contribution in [0.15, 0.2) is 101 Å². The molecular formula is C32H30ClN3O5. The number of carbonyl (C=O) groups is 3. The van der Waals surface area contributed by atoms with Gasteiger partial charge < -0.3 is 14.4 Å². The third kappa shape index (κ3) is 4.78. The third-order valence-electron chi connectivity index (χ3n) is 7.33. The van der Waals surface area contributed by atoms with E-state index in [0.29, 0.717) is 22.0 Å². The van der Waals surface area contributed by atoms with Crippen LogP contribution in [0.2, 0.25) is 5.02 Å². The van der Waals surface area contributed by atoms with Gasteiger partial charge in [0.2, 0.25) is 0 Å². The van der Waals surface area contributed by atoms with Crippen molar-refractivity contribution >= 4 is 40.8 Å². The molecule has 0 saturated carbocycles. The highest BCUT2D eigenvalue weighted by atomic mass is 35.5. The average molecular weight is 572 g/mol. The van der Waals surface area contributed by atoms with Gasteiger partial charge in [-0.3, -0.25) is 4.79 Å². The summed E-state index contributed by atoms with van der Waals surface area (Å²) in [5.41, 5.74) is 0.899. The summed E-state index contributed by atoms with van der Waals surface area (Å²) in [5, 5.41) is 6.57. The van der Waals surface area contributed by atoms with Crippen molar-refractivity contribution in [1.82, 2.24) is 4.90 Å². The monoisotopic (exact) mass is 571 g/mol. The first-order chi connectivity index (χ1) is 19.8. The number of amides is 1. The molecular weight excluding hydrogens is 542 g/mol. The number of nitrogens with zero attached hydrogens (tertiary/aromatic N) is 3. The van der Waals surface area contributed by atoms with E-state index in [1.165, 1.54) is 5.01 Å². The lowest BCUT2D eigenvalue weighted by Gasteiger charge is -2.40. The Labute approximate surface area is 243 Å². The van der Waals surface area contributed by atoms with Gasteiger partial charge in [0.1, 0.15) is 5.70 Å². The molecule has 2 aliphatic rings. The molecule has 3 aromatic carbocycles. The number of benzene rings is 3. The lowest BCUT2D eigenvalue weighted by Crippen LogP contribution is -2.59. The van der Waals surface area contributed by atoms with Gasteiger partial charge in [-0.05, 0) is 56.2 Å². The van der Waals surface area contributed by atoms with Crippen molar-refractivity contribution < 1.29 is 23.9 Å². The first-order valence-electron chi connectivity index (χ1n) is 13.4. The zero-order valence-corrected chi connectivity index (χ0v) is 23.8. The van der Waals surface area contributed by atoms with Crippen LogP contribution in [-0.2, 0) is 30.4 Å². The average Bonchev–Trinajstić information content (AvgIpc) is 3.42. The van der Waals surface area contributed by atoms with Gasteiger partial charge in [0.15, 0.2) is 5.54 Å². The maximum atomic E-state index is 14.9. The van der Waals surface area contributed by atoms with Crippen molar-refractivity contribution in [2.24, 2.45) is 5.10 Å². The smallest absolute Gasteiger partial charge is 0.355 e. The zero-order valence-electron chi connectivity index (χ0n) is 23.0. The standard InChI is InChI=1S/C32H30ClN3O5/c1-4-40-29(37)26-27(23-14-10-7-11-15-23)32(21(3)34-36(31(32)39)25-18-16-24(33)17-19-25)35(28(26)30(38)41-5-2)20-22-12-8-6-9-13-22/h6-19,27H,4-5,20H2,1-3H3. The molecule has 9 heteroatoms. The molecule has 0 N–H and O–H groups in total. The van der Waals surface area contributed by atoms with Crippen molar-refractivity contribution in [1.29, 1.82) is 0 Å². The minimum atomic E-state index is -1.57. The van der Waals surface area contributed by atoms with Gasteiger partial charge >= 0.3 is 11.9 Å². The molecule has 2 aliphatic heterocycles. The quantitative estimate of drug-likeness (QED) is 0.333. The molecule has 3 aromatic rings. The minimum absolute atomic E-state index is 0.0103. The van der Waals surface area contributed by atoms with Crippen LogP contribution < -0.4 is 5.01 Å². The van der Waals surface area contributed by atoms with E-state index < -0.39 is 29.3 Å². The Hall–Kier alpha value is -4.43. The van der Waals surface area contributed by atoms with E-state index in [9.17, 15) is 14.4 Å². The Morgan fingerprint density at radius 3 is 2.07 bits per heavy atom. The molecule has 5 rings (SSSR count). The number of anilines is 1. The first-order valence-corrected chi connectivity index (χ1v) is 13.8. The number of esters is 2. The highest BCUT2D eigenvalue weighted by Gasteiger charge is 2.67. The molecule has 2 atom stereocenters. The topological polar surface area (TPSA) is 88.5 Å². The molecule has 210 valence electrons. The van der Waals surface area contributed by atoms with Crippen molar-refractivity contribution in [3.8, 4) is 0 Å². The van der Waals surface area contributed by atoms with Crippen molar-refractivity contribution in [2.45, 2.75) is 38.8 Å². The van der Waals surface area contributed by atoms with Crippen LogP contribution in [0.25, 0.3) is 0 Å². The summed E-state index contributed by atoms with van der Waals surface area (Å²) in [4.78, 5) is 44.1. The molecule has 0 bridgehead atoms. The molecule has 0 aliphatic carbocycles. The number of hydrogen-bond acceptors (Lipinski definition) is 7. The fourth-order valence-corrected chi connectivity index (χ4v) is 5.80. The van der Waals surface area contributed by atoms with Crippen LogP contribution >= 0.6 is 11.6 Å². The normalized spacial score (nSPS) is 20.0. The number of rotatable bonds is 8. The molecule has 2 unspecified atom stereocenters. The lowest BCUT2D eigenvalue weighted by molar-refractivity contribution is -0.143. The van der Waals surface area contributed by atoms with Crippen LogP contribution in [-0.4, -0.2) is 47.2 Å². The highest BCUT2D eigenvalue weighted by molar-refractivity contribution is 6.31. The van der Waals surface area contributed by atoms with Crippen LogP contribution in [0.4, 0.5) is 5.69 Å². The predicted molar refractivity (Wildman–Crippen MR) is 156 cm³/mol. The summed E-state index contributed by atoms with van der Waals surface area (Å²) in [6.45, 7) is 5.44. The maximum absolute atomic E-state index is 14.9. The second-order valence-corrected chi connectivity index (χ2v) is 10.1. The number of hydrazone groups is 1. The van der Waals surface area contributed by atoms with Gasteiger partial charge in [0.05, 0.1) is 36.1 Å². The maximum Gasteiger partial charge on any atom is 0.355 e. The van der Waals surface area contributed by atoms with Crippen LogP contribution in [0.1, 0.15) is 37.8 Å². The minimum Gasteiger partial charge on any atom is -0.463 e. The Bertz CT molecular complexity index is 1520. The molecule has 0 radical (unpaired) electrons. The Balaban J connectivity index is 1.81. The van der Waals surface area contributed by atoms with E-state index in [4.69, 9.17) is 26.2 Å². The molecule has 0 aromatic heterocycles. The Morgan fingerprint density at radius 1 is 0.878 bits per heavy atom. The second kappa shape index (κ2) is 11.6. The number of ether oxygens (including phenoxy) is 2. The van der Waals surface area contributed by atoms with Gasteiger partial charge in [-0.1, -0.05) is 72.3 Å². The van der Waals surface area contributed by atoms with E-state index >= 15 is 0 Å². The summed E-state index contributed by atoms with van der Waals surface area (Å²) < 4.78 is 11.0. The highest BCUT2D eigenvalue weighted by Crippen LogP contribution is 2.53. The van der Waals surface area contributed by atoms with Crippen molar-refractivity contribution in [3.63, 3.8) is 0 Å². The fourth-order valence-electron chi connectivity index (χ4n) is 5.68. The zero-order chi connectivity index (χ0) is 29.1. The van der Waals surface area contributed by atoms with E-state index in [1.54, 1.807) is 49.9 Å². The van der Waals surface area contributed by atoms with Crippen LogP contribution in [0, 0.1) is 0 Å². The van der Waals surface area contributed by atoms with E-state index in [1.807, 2.05) is 60.7 Å². The summed E-state index contributed by atoms with van der Waals surface area (Å²) in [6.07, 6.45) is 0. The summed E-state index contributed by atoms with van der Waals surface area (Å²) in [5.74, 6) is -2.73. The SMILES string of the molecule is CCOC(=O)C1=C(C(=O)OCC)N(Cc2ccccc2)C2(C(=O)N(c3ccc(Cl)cc3)N=C2C)C1c1ccccc1. The molecule has 1 spiro atoms. The van der Waals surface area contributed by atoms with Crippen molar-refractivity contribution in [2.75, 3.05) is 18.2 Å². The fraction of sp³-hybridized carbons (Fsp3) is 0.250. The molecule has 0 fully saturated rings. The Morgan fingerprint density at radius 2 is 1.46 bits per heavy atom. The number of carbonyl (C=O) groups excluding carboxylic acids is 3. The van der Waals surface area contributed by atoms with Gasteiger partial charge in [0.25, 0.3) is 5.91 Å². The van der Waals surface area contributed by atoms with Gasteiger partial charge in [-0.15, -0.1) is 0 Å². The predicted octanol–water partition coefficient (Wildman–Crippen LogP) is 5.48. The first kappa shape index (κ1) is 28.1. The lowest BCUT2D eigenvalue weighted by atomic mass is 9.73. The second-order valence-electron chi connectivity index (χ2n) is 9.66. The molecule has 1 amide bonds. The largest absolute Gasteiger partial charge is 0.463 e. The molecule has 8 nitrogen and oxygen atoms in total. The van der Waals surface area contributed by atoms with Gasteiger partial charge in [0, 0.05) is 11.6 Å². The van der Waals surface area contributed by atoms with E-state index in [0.717, 1.165) is 5.56 Å².